The van der Waals surface area contributed by atoms with Crippen LogP contribution in [0.3, 0.4) is 0 Å². The Morgan fingerprint density at radius 3 is 2.64 bits per heavy atom. The van der Waals surface area contributed by atoms with Gasteiger partial charge in [0.25, 0.3) is 0 Å². The summed E-state index contributed by atoms with van der Waals surface area (Å²) in [6.45, 7) is 4.94. The summed E-state index contributed by atoms with van der Waals surface area (Å²) < 4.78 is 24.7. The third kappa shape index (κ3) is 4.08. The minimum Gasteiger partial charge on any atom is -0.326 e. The van der Waals surface area contributed by atoms with Gasteiger partial charge in [0.15, 0.2) is 0 Å². The van der Waals surface area contributed by atoms with Gasteiger partial charge in [0.05, 0.1) is 12.2 Å². The number of piperidine rings is 1. The SMILES string of the molecule is CC(C)c1ccccc1NC(=O)[C@@H]1CCCN(S(C)(=O)=O)C1. The molecule has 0 aliphatic carbocycles. The molecule has 1 aliphatic rings. The molecule has 22 heavy (non-hydrogen) atoms. The molecule has 0 spiro atoms. The van der Waals surface area contributed by atoms with E-state index in [4.69, 9.17) is 0 Å². The van der Waals surface area contributed by atoms with E-state index in [2.05, 4.69) is 19.2 Å². The van der Waals surface area contributed by atoms with Gasteiger partial charge in [0, 0.05) is 18.8 Å². The molecule has 0 radical (unpaired) electrons. The minimum atomic E-state index is -3.23. The first-order valence-electron chi connectivity index (χ1n) is 7.64. The summed E-state index contributed by atoms with van der Waals surface area (Å²) in [6.07, 6.45) is 2.64. The van der Waals surface area contributed by atoms with Crippen LogP contribution in [0, 0.1) is 5.92 Å². The number of benzene rings is 1. The number of sulfonamides is 1. The zero-order chi connectivity index (χ0) is 16.3. The first-order chi connectivity index (χ1) is 10.3. The van der Waals surface area contributed by atoms with Gasteiger partial charge in [-0.25, -0.2) is 12.7 Å². The molecule has 1 fully saturated rings. The smallest absolute Gasteiger partial charge is 0.228 e. The van der Waals surface area contributed by atoms with Crippen LogP contribution in [0.4, 0.5) is 5.69 Å². The molecule has 1 aliphatic heterocycles. The van der Waals surface area contributed by atoms with Crippen molar-refractivity contribution in [3.8, 4) is 0 Å². The molecular weight excluding hydrogens is 300 g/mol. The van der Waals surface area contributed by atoms with Crippen molar-refractivity contribution in [3.05, 3.63) is 29.8 Å². The Kier molecular flexibility index (Phi) is 5.24. The van der Waals surface area contributed by atoms with Crippen LogP contribution in [0.15, 0.2) is 24.3 Å². The van der Waals surface area contributed by atoms with Crippen LogP contribution in [0.2, 0.25) is 0 Å². The largest absolute Gasteiger partial charge is 0.326 e. The highest BCUT2D eigenvalue weighted by Gasteiger charge is 2.30. The molecule has 1 amide bonds. The van der Waals surface area contributed by atoms with Crippen LogP contribution in [0.5, 0.6) is 0 Å². The molecule has 0 saturated carbocycles. The monoisotopic (exact) mass is 324 g/mol. The fourth-order valence-corrected chi connectivity index (χ4v) is 3.72. The topological polar surface area (TPSA) is 66.5 Å². The lowest BCUT2D eigenvalue weighted by Crippen LogP contribution is -2.43. The molecule has 5 nitrogen and oxygen atoms in total. The van der Waals surface area contributed by atoms with Crippen LogP contribution < -0.4 is 5.32 Å². The minimum absolute atomic E-state index is 0.0959. The Bertz CT molecular complexity index is 641. The summed E-state index contributed by atoms with van der Waals surface area (Å²) >= 11 is 0. The maximum Gasteiger partial charge on any atom is 0.228 e. The third-order valence-corrected chi connectivity index (χ3v) is 5.33. The predicted molar refractivity (Wildman–Crippen MR) is 88.3 cm³/mol. The number of nitrogens with one attached hydrogen (secondary N) is 1. The number of para-hydroxylation sites is 1. The Morgan fingerprint density at radius 1 is 1.32 bits per heavy atom. The van der Waals surface area contributed by atoms with Gasteiger partial charge in [-0.05, 0) is 30.4 Å². The van der Waals surface area contributed by atoms with Crippen molar-refractivity contribution in [2.24, 2.45) is 5.92 Å². The molecule has 1 saturated heterocycles. The van der Waals surface area contributed by atoms with Gasteiger partial charge in [-0.2, -0.15) is 0 Å². The summed E-state index contributed by atoms with van der Waals surface area (Å²) in [5.74, 6) is -0.0690. The van der Waals surface area contributed by atoms with E-state index in [1.165, 1.54) is 10.6 Å². The maximum atomic E-state index is 12.5. The highest BCUT2D eigenvalue weighted by atomic mass is 32.2. The molecule has 122 valence electrons. The van der Waals surface area contributed by atoms with Gasteiger partial charge in [-0.3, -0.25) is 4.79 Å². The molecule has 1 aromatic rings. The van der Waals surface area contributed by atoms with Crippen LogP contribution in [0.25, 0.3) is 0 Å². The van der Waals surface area contributed by atoms with Crippen LogP contribution in [0.1, 0.15) is 38.2 Å². The van der Waals surface area contributed by atoms with Crippen LogP contribution >= 0.6 is 0 Å². The van der Waals surface area contributed by atoms with Gasteiger partial charge < -0.3 is 5.32 Å². The molecule has 0 unspecified atom stereocenters. The number of carbonyl (C=O) groups excluding carboxylic acids is 1. The second kappa shape index (κ2) is 6.79. The zero-order valence-electron chi connectivity index (χ0n) is 13.4. The fourth-order valence-electron chi connectivity index (χ4n) is 2.81. The quantitative estimate of drug-likeness (QED) is 0.925. The number of amides is 1. The van der Waals surface area contributed by atoms with Crippen molar-refractivity contribution in [2.45, 2.75) is 32.6 Å². The van der Waals surface area contributed by atoms with E-state index in [9.17, 15) is 13.2 Å². The number of carbonyl (C=O) groups is 1. The van der Waals surface area contributed by atoms with Gasteiger partial charge in [-0.1, -0.05) is 32.0 Å². The summed E-state index contributed by atoms with van der Waals surface area (Å²) in [5, 5.41) is 2.97. The van der Waals surface area contributed by atoms with Crippen molar-refractivity contribution >= 4 is 21.6 Å². The lowest BCUT2D eigenvalue weighted by molar-refractivity contribution is -0.120. The van der Waals surface area contributed by atoms with E-state index in [1.807, 2.05) is 24.3 Å². The standard InChI is InChI=1S/C16H24N2O3S/c1-12(2)14-8-4-5-9-15(14)17-16(19)13-7-6-10-18(11-13)22(3,20)21/h4-5,8-9,12-13H,6-7,10-11H2,1-3H3,(H,17,19)/t13-/m1/s1. The normalized spacial score (nSPS) is 20.1. The lowest BCUT2D eigenvalue weighted by Gasteiger charge is -2.30. The Morgan fingerprint density at radius 2 is 2.00 bits per heavy atom. The van der Waals surface area contributed by atoms with E-state index in [0.717, 1.165) is 24.1 Å². The predicted octanol–water partition coefficient (Wildman–Crippen LogP) is 2.42. The number of hydrogen-bond acceptors (Lipinski definition) is 3. The molecule has 6 heteroatoms. The molecular formula is C16H24N2O3S. The Hall–Kier alpha value is -1.40. The fraction of sp³-hybridized carbons (Fsp3) is 0.562. The number of rotatable bonds is 4. The third-order valence-electron chi connectivity index (χ3n) is 4.06. The first-order valence-corrected chi connectivity index (χ1v) is 9.48. The van der Waals surface area contributed by atoms with Gasteiger partial charge in [-0.15, -0.1) is 0 Å². The van der Waals surface area contributed by atoms with E-state index in [0.29, 0.717) is 12.5 Å². The molecule has 0 aromatic heterocycles. The number of hydrogen-bond donors (Lipinski definition) is 1. The summed E-state index contributed by atoms with van der Waals surface area (Å²) in [7, 11) is -3.23. The lowest BCUT2D eigenvalue weighted by atomic mass is 9.97. The highest BCUT2D eigenvalue weighted by Crippen LogP contribution is 2.26. The van der Waals surface area contributed by atoms with E-state index in [1.54, 1.807) is 0 Å². The van der Waals surface area contributed by atoms with E-state index >= 15 is 0 Å². The Labute approximate surface area is 132 Å². The van der Waals surface area contributed by atoms with Crippen molar-refractivity contribution in [2.75, 3.05) is 24.7 Å². The van der Waals surface area contributed by atoms with E-state index < -0.39 is 10.0 Å². The van der Waals surface area contributed by atoms with Gasteiger partial charge in [0.2, 0.25) is 15.9 Å². The Balaban J connectivity index is 2.10. The average Bonchev–Trinajstić information content (AvgIpc) is 2.47. The van der Waals surface area contributed by atoms with Crippen molar-refractivity contribution < 1.29 is 13.2 Å². The summed E-state index contributed by atoms with van der Waals surface area (Å²) in [5.41, 5.74) is 1.91. The molecule has 1 aromatic carbocycles. The van der Waals surface area contributed by atoms with Gasteiger partial charge in [0.1, 0.15) is 0 Å². The zero-order valence-corrected chi connectivity index (χ0v) is 14.2. The molecule has 2 rings (SSSR count). The van der Waals surface area contributed by atoms with Gasteiger partial charge >= 0.3 is 0 Å². The number of anilines is 1. The van der Waals surface area contributed by atoms with Crippen LogP contribution in [-0.4, -0.2) is 38.0 Å². The first kappa shape index (κ1) is 17.0. The second-order valence-corrected chi connectivity index (χ2v) is 8.17. The maximum absolute atomic E-state index is 12.5. The van der Waals surface area contributed by atoms with E-state index in [-0.39, 0.29) is 18.4 Å². The summed E-state index contributed by atoms with van der Waals surface area (Å²) in [6, 6.07) is 7.75. The highest BCUT2D eigenvalue weighted by molar-refractivity contribution is 7.88. The van der Waals surface area contributed by atoms with Crippen molar-refractivity contribution in [1.29, 1.82) is 0 Å². The molecule has 1 atom stereocenters. The van der Waals surface area contributed by atoms with Crippen LogP contribution in [-0.2, 0) is 14.8 Å². The summed E-state index contributed by atoms with van der Waals surface area (Å²) in [4.78, 5) is 12.5. The van der Waals surface area contributed by atoms with Crippen molar-refractivity contribution in [3.63, 3.8) is 0 Å². The average molecular weight is 324 g/mol. The number of nitrogens with zero attached hydrogens (tertiary/aromatic N) is 1. The molecule has 1 N–H and O–H groups in total. The molecule has 1 heterocycles. The molecule has 0 bridgehead atoms. The van der Waals surface area contributed by atoms with Crippen molar-refractivity contribution in [1.82, 2.24) is 4.31 Å². The second-order valence-electron chi connectivity index (χ2n) is 6.19.